The van der Waals surface area contributed by atoms with E-state index in [2.05, 4.69) is 11.4 Å². The molecule has 0 unspecified atom stereocenters. The van der Waals surface area contributed by atoms with Crippen LogP contribution < -0.4 is 5.32 Å². The number of thiophene rings is 2. The largest absolute Gasteiger partial charge is 0.380 e. The van der Waals surface area contributed by atoms with Gasteiger partial charge in [0, 0.05) is 34.1 Å². The van der Waals surface area contributed by atoms with Crippen LogP contribution in [0.4, 0.5) is 0 Å². The van der Waals surface area contributed by atoms with Crippen molar-refractivity contribution in [3.05, 3.63) is 79.7 Å². The second kappa shape index (κ2) is 9.09. The molecule has 0 radical (unpaired) electrons. The third-order valence-electron chi connectivity index (χ3n) is 5.06. The number of hydrogen-bond donors (Lipinski definition) is 3. The molecule has 1 aromatic carbocycles. The molecule has 3 heterocycles. The Balaban J connectivity index is 1.28. The lowest BCUT2D eigenvalue weighted by molar-refractivity contribution is -0.153. The highest BCUT2D eigenvalue weighted by Crippen LogP contribution is 2.24. The van der Waals surface area contributed by atoms with E-state index in [9.17, 15) is 19.8 Å². The highest BCUT2D eigenvalue weighted by Gasteiger charge is 2.35. The van der Waals surface area contributed by atoms with Gasteiger partial charge in [-0.3, -0.25) is 9.59 Å². The molecule has 4 rings (SSSR count). The van der Waals surface area contributed by atoms with Crippen LogP contribution in [-0.2, 0) is 35.6 Å². The number of aliphatic hydroxyl groups excluding tert-OH is 2. The number of carbonyl (C=O) groups excluding carboxylic acids is 2. The molecule has 0 fully saturated rings. The number of nitrogens with zero attached hydrogens (tertiary/aromatic N) is 1. The summed E-state index contributed by atoms with van der Waals surface area (Å²) in [5.41, 5.74) is 2.01. The molecule has 2 atom stereocenters. The van der Waals surface area contributed by atoms with Gasteiger partial charge in [-0.25, -0.2) is 0 Å². The molecule has 6 nitrogen and oxygen atoms in total. The summed E-state index contributed by atoms with van der Waals surface area (Å²) >= 11 is 3.29. The van der Waals surface area contributed by atoms with Crippen LogP contribution >= 0.6 is 22.7 Å². The molecule has 3 N–H and O–H groups in total. The molecule has 8 heteroatoms. The second-order valence-electron chi connectivity index (χ2n) is 7.19. The fourth-order valence-corrected chi connectivity index (χ4v) is 5.23. The van der Waals surface area contributed by atoms with Gasteiger partial charge >= 0.3 is 0 Å². The first kappa shape index (κ1) is 20.7. The van der Waals surface area contributed by atoms with Crippen molar-refractivity contribution in [2.45, 2.75) is 38.3 Å². The normalized spacial score (nSPS) is 14.9. The lowest BCUT2D eigenvalue weighted by Gasteiger charge is -2.22. The standard InChI is InChI=1S/C22H22N2O4S2/c25-19(20(26)22(28)24-12-14-4-1-2-5-15(14)13-24)21(27)23-11-18-8-7-17(30-18)10-16-6-3-9-29-16/h1-9,19-20,25-26H,10-13H2,(H,23,27)/t19-,20-/m1/s1. The Morgan fingerprint density at radius 3 is 2.30 bits per heavy atom. The van der Waals surface area contributed by atoms with E-state index in [0.717, 1.165) is 22.4 Å². The topological polar surface area (TPSA) is 89.9 Å². The average Bonchev–Trinajstić information content (AvgIpc) is 3.51. The van der Waals surface area contributed by atoms with E-state index < -0.39 is 24.0 Å². The van der Waals surface area contributed by atoms with Crippen LogP contribution in [0.5, 0.6) is 0 Å². The fourth-order valence-electron chi connectivity index (χ4n) is 3.43. The quantitative estimate of drug-likeness (QED) is 0.524. The molecule has 2 aromatic heterocycles. The van der Waals surface area contributed by atoms with Gasteiger partial charge in [0.25, 0.3) is 11.8 Å². The molecule has 1 aliphatic heterocycles. The molecular weight excluding hydrogens is 420 g/mol. The molecule has 0 spiro atoms. The number of benzene rings is 1. The molecule has 0 bridgehead atoms. The summed E-state index contributed by atoms with van der Waals surface area (Å²) in [4.78, 5) is 29.6. The van der Waals surface area contributed by atoms with Gasteiger partial charge in [0.15, 0.2) is 12.2 Å². The number of aliphatic hydroxyl groups is 2. The first-order valence-electron chi connectivity index (χ1n) is 9.60. The Morgan fingerprint density at radius 2 is 1.63 bits per heavy atom. The number of fused-ring (bicyclic) bond motifs is 1. The first-order chi connectivity index (χ1) is 14.5. The summed E-state index contributed by atoms with van der Waals surface area (Å²) in [5.74, 6) is -1.41. The minimum Gasteiger partial charge on any atom is -0.380 e. The zero-order valence-electron chi connectivity index (χ0n) is 16.2. The summed E-state index contributed by atoms with van der Waals surface area (Å²) < 4.78 is 0. The van der Waals surface area contributed by atoms with Crippen molar-refractivity contribution < 1.29 is 19.8 Å². The van der Waals surface area contributed by atoms with Crippen LogP contribution in [0, 0.1) is 0 Å². The lowest BCUT2D eigenvalue weighted by atomic mass is 10.1. The fraction of sp³-hybridized carbons (Fsp3) is 0.273. The smallest absolute Gasteiger partial charge is 0.255 e. The van der Waals surface area contributed by atoms with Crippen LogP contribution in [0.3, 0.4) is 0 Å². The van der Waals surface area contributed by atoms with Gasteiger partial charge in [0.1, 0.15) is 0 Å². The second-order valence-corrected chi connectivity index (χ2v) is 9.48. The highest BCUT2D eigenvalue weighted by molar-refractivity contribution is 7.12. The van der Waals surface area contributed by atoms with Crippen molar-refractivity contribution in [1.82, 2.24) is 10.2 Å². The number of nitrogens with one attached hydrogen (secondary N) is 1. The van der Waals surface area contributed by atoms with Crippen molar-refractivity contribution in [1.29, 1.82) is 0 Å². The summed E-state index contributed by atoms with van der Waals surface area (Å²) in [6, 6.07) is 15.7. The Morgan fingerprint density at radius 1 is 0.933 bits per heavy atom. The van der Waals surface area contributed by atoms with Crippen LogP contribution in [0.15, 0.2) is 53.9 Å². The molecule has 2 amide bonds. The molecular formula is C22H22N2O4S2. The minimum atomic E-state index is -1.81. The minimum absolute atomic E-state index is 0.237. The highest BCUT2D eigenvalue weighted by atomic mass is 32.1. The molecule has 30 heavy (non-hydrogen) atoms. The zero-order valence-corrected chi connectivity index (χ0v) is 17.8. The van der Waals surface area contributed by atoms with E-state index in [-0.39, 0.29) is 6.54 Å². The summed E-state index contributed by atoms with van der Waals surface area (Å²) in [6.07, 6.45) is -2.76. The number of amides is 2. The van der Waals surface area contributed by atoms with Gasteiger partial charge in [-0.05, 0) is 34.7 Å². The van der Waals surface area contributed by atoms with Gasteiger partial charge < -0.3 is 20.4 Å². The van der Waals surface area contributed by atoms with Gasteiger partial charge in [0.2, 0.25) is 0 Å². The van der Waals surface area contributed by atoms with Gasteiger partial charge in [-0.15, -0.1) is 22.7 Å². The zero-order chi connectivity index (χ0) is 21.1. The number of rotatable bonds is 7. The van der Waals surface area contributed by atoms with Gasteiger partial charge in [-0.1, -0.05) is 30.3 Å². The molecule has 0 saturated carbocycles. The van der Waals surface area contributed by atoms with Crippen molar-refractivity contribution in [2.24, 2.45) is 0 Å². The van der Waals surface area contributed by atoms with E-state index in [0.29, 0.717) is 13.1 Å². The third-order valence-corrected chi connectivity index (χ3v) is 7.02. The van der Waals surface area contributed by atoms with Crippen molar-refractivity contribution >= 4 is 34.5 Å². The molecule has 0 aliphatic carbocycles. The van der Waals surface area contributed by atoms with Gasteiger partial charge in [0.05, 0.1) is 6.54 Å². The van der Waals surface area contributed by atoms with E-state index in [1.165, 1.54) is 14.7 Å². The Hall–Kier alpha value is -2.52. The van der Waals surface area contributed by atoms with E-state index >= 15 is 0 Å². The van der Waals surface area contributed by atoms with Crippen LogP contribution in [0.1, 0.15) is 25.8 Å². The Labute approximate surface area is 182 Å². The Bertz CT molecular complexity index is 1010. The van der Waals surface area contributed by atoms with E-state index in [1.807, 2.05) is 47.8 Å². The first-order valence-corrected chi connectivity index (χ1v) is 11.3. The van der Waals surface area contributed by atoms with E-state index in [4.69, 9.17) is 0 Å². The molecule has 1 aliphatic rings. The molecule has 0 saturated heterocycles. The average molecular weight is 443 g/mol. The predicted octanol–water partition coefficient (Wildman–Crippen LogP) is 2.28. The molecule has 3 aromatic rings. The van der Waals surface area contributed by atoms with E-state index in [1.54, 1.807) is 22.7 Å². The maximum atomic E-state index is 12.5. The molecule has 156 valence electrons. The maximum absolute atomic E-state index is 12.5. The van der Waals surface area contributed by atoms with Gasteiger partial charge in [-0.2, -0.15) is 0 Å². The number of hydrogen-bond acceptors (Lipinski definition) is 6. The summed E-state index contributed by atoms with van der Waals surface area (Å²) in [7, 11) is 0. The third kappa shape index (κ3) is 4.62. The maximum Gasteiger partial charge on any atom is 0.255 e. The lowest BCUT2D eigenvalue weighted by Crippen LogP contribution is -2.49. The Kier molecular flexibility index (Phi) is 6.29. The van der Waals surface area contributed by atoms with Crippen LogP contribution in [0.2, 0.25) is 0 Å². The SMILES string of the molecule is O=C(NCc1ccc(Cc2cccs2)s1)[C@H](O)[C@@H](O)C(=O)N1Cc2ccccc2C1. The van der Waals surface area contributed by atoms with Crippen molar-refractivity contribution in [3.63, 3.8) is 0 Å². The predicted molar refractivity (Wildman–Crippen MR) is 116 cm³/mol. The van der Waals surface area contributed by atoms with Crippen molar-refractivity contribution in [3.8, 4) is 0 Å². The summed E-state index contributed by atoms with van der Waals surface area (Å²) in [6.45, 7) is 0.965. The number of carbonyl (C=O) groups is 2. The van der Waals surface area contributed by atoms with Crippen LogP contribution in [0.25, 0.3) is 0 Å². The van der Waals surface area contributed by atoms with Crippen molar-refractivity contribution in [2.75, 3.05) is 0 Å². The summed E-state index contributed by atoms with van der Waals surface area (Å²) in [5, 5.41) is 25.1. The monoisotopic (exact) mass is 442 g/mol. The van der Waals surface area contributed by atoms with Crippen LogP contribution in [-0.4, -0.2) is 39.1 Å².